The Kier molecular flexibility index (Phi) is 4.80. The molecule has 1 saturated carbocycles. The van der Waals surface area contributed by atoms with E-state index < -0.39 is 0 Å². The minimum atomic E-state index is 0.477. The Morgan fingerprint density at radius 3 is 2.00 bits per heavy atom. The van der Waals surface area contributed by atoms with E-state index in [4.69, 9.17) is 0 Å². The van der Waals surface area contributed by atoms with Crippen LogP contribution in [-0.2, 0) is 0 Å². The topological polar surface area (TPSA) is 0 Å². The van der Waals surface area contributed by atoms with E-state index >= 15 is 0 Å². The third kappa shape index (κ3) is 4.69. The van der Waals surface area contributed by atoms with Gasteiger partial charge in [0.25, 0.3) is 0 Å². The van der Waals surface area contributed by atoms with Crippen molar-refractivity contribution in [3.8, 4) is 0 Å². The average Bonchev–Trinajstić information content (AvgIpc) is 2.12. The first-order valence-corrected chi connectivity index (χ1v) is 7.87. The standard InChI is InChI=1S/C15H30S/c1-14(2,3)11-16-13-10-8-7-9-12(13)15(4,5)6/h12-13H,7-11H2,1-6H3. The molecule has 1 heteroatoms. The highest BCUT2D eigenvalue weighted by atomic mass is 32.2. The fourth-order valence-corrected chi connectivity index (χ4v) is 4.47. The number of rotatable bonds is 2. The van der Waals surface area contributed by atoms with Gasteiger partial charge in [0.05, 0.1) is 0 Å². The van der Waals surface area contributed by atoms with Gasteiger partial charge in [-0.15, -0.1) is 0 Å². The third-order valence-corrected chi connectivity index (χ3v) is 5.57. The number of hydrogen-bond acceptors (Lipinski definition) is 1. The molecule has 96 valence electrons. The first-order chi connectivity index (χ1) is 7.20. The molecule has 0 nitrogen and oxygen atoms in total. The summed E-state index contributed by atoms with van der Waals surface area (Å²) in [5, 5.41) is 0.910. The van der Waals surface area contributed by atoms with Crippen LogP contribution in [0.4, 0.5) is 0 Å². The van der Waals surface area contributed by atoms with E-state index in [1.807, 2.05) is 0 Å². The fraction of sp³-hybridized carbons (Fsp3) is 1.00. The van der Waals surface area contributed by atoms with Gasteiger partial charge in [0.2, 0.25) is 0 Å². The fourth-order valence-electron chi connectivity index (χ4n) is 2.64. The zero-order chi connectivity index (χ0) is 12.4. The summed E-state index contributed by atoms with van der Waals surface area (Å²) in [5.74, 6) is 2.23. The Bertz CT molecular complexity index is 206. The van der Waals surface area contributed by atoms with E-state index in [9.17, 15) is 0 Å². The van der Waals surface area contributed by atoms with Crippen LogP contribution in [-0.4, -0.2) is 11.0 Å². The maximum atomic E-state index is 2.42. The smallest absolute Gasteiger partial charge is 0.00805 e. The van der Waals surface area contributed by atoms with Gasteiger partial charge in [0.1, 0.15) is 0 Å². The van der Waals surface area contributed by atoms with Crippen LogP contribution in [0.25, 0.3) is 0 Å². The van der Waals surface area contributed by atoms with Crippen molar-refractivity contribution in [2.75, 3.05) is 5.75 Å². The highest BCUT2D eigenvalue weighted by molar-refractivity contribution is 7.99. The molecule has 0 spiro atoms. The largest absolute Gasteiger partial charge is 0.158 e. The van der Waals surface area contributed by atoms with Gasteiger partial charge >= 0.3 is 0 Å². The molecule has 0 radical (unpaired) electrons. The van der Waals surface area contributed by atoms with Gasteiger partial charge in [0.15, 0.2) is 0 Å². The highest BCUT2D eigenvalue weighted by Crippen LogP contribution is 2.44. The summed E-state index contributed by atoms with van der Waals surface area (Å²) in [6.45, 7) is 14.3. The minimum Gasteiger partial charge on any atom is -0.158 e. The van der Waals surface area contributed by atoms with Crippen molar-refractivity contribution in [3.63, 3.8) is 0 Å². The van der Waals surface area contributed by atoms with Crippen molar-refractivity contribution in [3.05, 3.63) is 0 Å². The second kappa shape index (κ2) is 5.33. The summed E-state index contributed by atoms with van der Waals surface area (Å²) in [7, 11) is 0. The normalized spacial score (nSPS) is 28.1. The number of hydrogen-bond donors (Lipinski definition) is 0. The molecule has 0 aromatic heterocycles. The van der Waals surface area contributed by atoms with Gasteiger partial charge < -0.3 is 0 Å². The van der Waals surface area contributed by atoms with Gasteiger partial charge in [-0.25, -0.2) is 0 Å². The van der Waals surface area contributed by atoms with Crippen LogP contribution < -0.4 is 0 Å². The average molecular weight is 242 g/mol. The highest BCUT2D eigenvalue weighted by Gasteiger charge is 2.34. The van der Waals surface area contributed by atoms with Crippen molar-refractivity contribution in [1.29, 1.82) is 0 Å². The molecule has 16 heavy (non-hydrogen) atoms. The molecule has 1 fully saturated rings. The Labute approximate surface area is 107 Å². The molecule has 0 saturated heterocycles. The van der Waals surface area contributed by atoms with Crippen molar-refractivity contribution in [2.24, 2.45) is 16.7 Å². The second-order valence-corrected chi connectivity index (χ2v) is 8.89. The predicted octanol–water partition coefficient (Wildman–Crippen LogP) is 5.37. The van der Waals surface area contributed by atoms with Gasteiger partial charge in [-0.3, -0.25) is 0 Å². The van der Waals surface area contributed by atoms with Crippen LogP contribution in [0.1, 0.15) is 67.2 Å². The summed E-state index contributed by atoms with van der Waals surface area (Å²) in [6, 6.07) is 0. The molecule has 0 heterocycles. The molecule has 1 aliphatic carbocycles. The van der Waals surface area contributed by atoms with Crippen LogP contribution >= 0.6 is 11.8 Å². The summed E-state index contributed by atoms with van der Waals surface area (Å²) in [4.78, 5) is 0. The molecule has 2 atom stereocenters. The third-order valence-electron chi connectivity index (χ3n) is 3.55. The molecule has 0 aromatic rings. The Balaban J connectivity index is 2.54. The van der Waals surface area contributed by atoms with Gasteiger partial charge in [-0.1, -0.05) is 54.4 Å². The van der Waals surface area contributed by atoms with Crippen molar-refractivity contribution >= 4 is 11.8 Å². The van der Waals surface area contributed by atoms with E-state index in [0.29, 0.717) is 10.8 Å². The van der Waals surface area contributed by atoms with Crippen molar-refractivity contribution < 1.29 is 0 Å². The second-order valence-electron chi connectivity index (χ2n) is 7.67. The minimum absolute atomic E-state index is 0.477. The zero-order valence-corrected chi connectivity index (χ0v) is 12.9. The van der Waals surface area contributed by atoms with Crippen LogP contribution in [0.3, 0.4) is 0 Å². The van der Waals surface area contributed by atoms with E-state index in [1.165, 1.54) is 31.4 Å². The van der Waals surface area contributed by atoms with Crippen molar-refractivity contribution in [2.45, 2.75) is 72.5 Å². The lowest BCUT2D eigenvalue weighted by molar-refractivity contribution is 0.187. The Morgan fingerprint density at radius 2 is 1.50 bits per heavy atom. The van der Waals surface area contributed by atoms with E-state index in [2.05, 4.69) is 53.3 Å². The maximum Gasteiger partial charge on any atom is 0.00805 e. The molecule has 0 bridgehead atoms. The number of thioether (sulfide) groups is 1. The predicted molar refractivity (Wildman–Crippen MR) is 77.1 cm³/mol. The first kappa shape index (κ1) is 14.4. The molecule has 1 rings (SSSR count). The zero-order valence-electron chi connectivity index (χ0n) is 12.1. The summed E-state index contributed by atoms with van der Waals surface area (Å²) in [6.07, 6.45) is 5.80. The molecular formula is C15H30S. The lowest BCUT2D eigenvalue weighted by Gasteiger charge is -2.41. The maximum absolute atomic E-state index is 2.42. The van der Waals surface area contributed by atoms with E-state index in [-0.39, 0.29) is 0 Å². The Morgan fingerprint density at radius 1 is 0.938 bits per heavy atom. The van der Waals surface area contributed by atoms with Crippen molar-refractivity contribution in [1.82, 2.24) is 0 Å². The molecule has 0 aromatic carbocycles. The Hall–Kier alpha value is 0.350. The van der Waals surface area contributed by atoms with E-state index in [1.54, 1.807) is 0 Å². The van der Waals surface area contributed by atoms with Crippen LogP contribution in [0, 0.1) is 16.7 Å². The molecule has 0 aliphatic heterocycles. The monoisotopic (exact) mass is 242 g/mol. The molecular weight excluding hydrogens is 212 g/mol. The summed E-state index contributed by atoms with van der Waals surface area (Å²) < 4.78 is 0. The summed E-state index contributed by atoms with van der Waals surface area (Å²) >= 11 is 2.24. The SMILES string of the molecule is CC(C)(C)CSC1CCCCC1C(C)(C)C. The van der Waals surface area contributed by atoms with Crippen LogP contribution in [0.5, 0.6) is 0 Å². The summed E-state index contributed by atoms with van der Waals surface area (Å²) in [5.41, 5.74) is 0.973. The molecule has 0 N–H and O–H groups in total. The quantitative estimate of drug-likeness (QED) is 0.627. The lowest BCUT2D eigenvalue weighted by atomic mass is 9.72. The van der Waals surface area contributed by atoms with Gasteiger partial charge in [-0.2, -0.15) is 11.8 Å². The van der Waals surface area contributed by atoms with Crippen LogP contribution in [0.15, 0.2) is 0 Å². The molecule has 2 unspecified atom stereocenters. The van der Waals surface area contributed by atoms with Crippen LogP contribution in [0.2, 0.25) is 0 Å². The van der Waals surface area contributed by atoms with E-state index in [0.717, 1.165) is 11.2 Å². The lowest BCUT2D eigenvalue weighted by Crippen LogP contribution is -2.33. The van der Waals surface area contributed by atoms with Gasteiger partial charge in [0, 0.05) is 5.25 Å². The molecule has 1 aliphatic rings. The van der Waals surface area contributed by atoms with Gasteiger partial charge in [-0.05, 0) is 35.3 Å². The molecule has 0 amide bonds. The first-order valence-electron chi connectivity index (χ1n) is 6.82.